The van der Waals surface area contributed by atoms with Crippen LogP contribution >= 0.6 is 11.6 Å². The Morgan fingerprint density at radius 2 is 2.28 bits per heavy atom. The average molecular weight is 265 g/mol. The molecule has 1 fully saturated rings. The van der Waals surface area contributed by atoms with Crippen LogP contribution < -0.4 is 5.73 Å². The van der Waals surface area contributed by atoms with Crippen LogP contribution in [0.2, 0.25) is 5.02 Å². The van der Waals surface area contributed by atoms with Gasteiger partial charge >= 0.3 is 0 Å². The number of nitrogens with zero attached hydrogens (tertiary/aromatic N) is 1. The smallest absolute Gasteiger partial charge is 0.229 e. The Bertz CT molecular complexity index is 562. The maximum Gasteiger partial charge on any atom is 0.229 e. The molecule has 5 heteroatoms. The number of aromatic nitrogens is 1. The average Bonchev–Trinajstić information content (AvgIpc) is 2.99. The first-order chi connectivity index (χ1) is 8.75. The van der Waals surface area contributed by atoms with Crippen LogP contribution in [0.15, 0.2) is 28.9 Å². The van der Waals surface area contributed by atoms with Gasteiger partial charge in [-0.25, -0.2) is 0 Å². The molecule has 1 saturated heterocycles. The van der Waals surface area contributed by atoms with Gasteiger partial charge in [-0.1, -0.05) is 28.9 Å². The normalized spacial score (nSPS) is 19.3. The molecule has 0 aliphatic carbocycles. The fourth-order valence-corrected chi connectivity index (χ4v) is 2.61. The van der Waals surface area contributed by atoms with Crippen LogP contribution in [0.3, 0.4) is 0 Å². The van der Waals surface area contributed by atoms with E-state index in [0.29, 0.717) is 11.8 Å². The van der Waals surface area contributed by atoms with Crippen molar-refractivity contribution in [3.05, 3.63) is 35.0 Å². The molecule has 0 bridgehead atoms. The van der Waals surface area contributed by atoms with E-state index in [0.717, 1.165) is 41.3 Å². The lowest BCUT2D eigenvalue weighted by atomic mass is 9.96. The Morgan fingerprint density at radius 3 is 2.89 bits per heavy atom. The number of hydrogen-bond acceptors (Lipinski definition) is 4. The Labute approximate surface area is 110 Å². The number of nitrogen functional groups attached to an aromatic ring is 1. The van der Waals surface area contributed by atoms with E-state index in [4.69, 9.17) is 26.6 Å². The number of ether oxygens (including phenoxy) is 1. The molecule has 0 spiro atoms. The van der Waals surface area contributed by atoms with E-state index in [-0.39, 0.29) is 0 Å². The van der Waals surface area contributed by atoms with Crippen LogP contribution in [0.4, 0.5) is 5.88 Å². The second kappa shape index (κ2) is 4.63. The summed E-state index contributed by atoms with van der Waals surface area (Å²) in [6, 6.07) is 5.92. The zero-order valence-corrected chi connectivity index (χ0v) is 10.5. The van der Waals surface area contributed by atoms with Crippen molar-refractivity contribution in [1.82, 2.24) is 5.16 Å². The van der Waals surface area contributed by atoms with Gasteiger partial charge in [-0.3, -0.25) is 0 Å². The summed E-state index contributed by atoms with van der Waals surface area (Å²) in [5.41, 5.74) is 8.51. The maximum absolute atomic E-state index is 6.33. The minimum atomic E-state index is 0.308. The lowest BCUT2D eigenvalue weighted by Gasteiger charge is -2.11. The Kier molecular flexibility index (Phi) is 2.97. The SMILES string of the molecule is Nc1oncc1-c1ccc(C2CCOC2)c(Cl)c1. The van der Waals surface area contributed by atoms with Crippen molar-refractivity contribution in [2.45, 2.75) is 12.3 Å². The van der Waals surface area contributed by atoms with E-state index in [1.807, 2.05) is 18.2 Å². The first kappa shape index (κ1) is 11.6. The van der Waals surface area contributed by atoms with E-state index in [1.165, 1.54) is 0 Å². The summed E-state index contributed by atoms with van der Waals surface area (Å²) in [5.74, 6) is 0.703. The van der Waals surface area contributed by atoms with Gasteiger partial charge in [-0.2, -0.15) is 0 Å². The molecule has 2 N–H and O–H groups in total. The summed E-state index contributed by atoms with van der Waals surface area (Å²) in [4.78, 5) is 0. The summed E-state index contributed by atoms with van der Waals surface area (Å²) in [6.07, 6.45) is 2.62. The van der Waals surface area contributed by atoms with Gasteiger partial charge < -0.3 is 15.0 Å². The van der Waals surface area contributed by atoms with Crippen molar-refractivity contribution in [2.75, 3.05) is 18.9 Å². The molecule has 1 atom stereocenters. The fourth-order valence-electron chi connectivity index (χ4n) is 2.27. The second-order valence-electron chi connectivity index (χ2n) is 4.40. The van der Waals surface area contributed by atoms with Crippen LogP contribution in [0.25, 0.3) is 11.1 Å². The van der Waals surface area contributed by atoms with Crippen LogP contribution in [-0.2, 0) is 4.74 Å². The van der Waals surface area contributed by atoms with E-state index < -0.39 is 0 Å². The number of halogens is 1. The molecule has 0 saturated carbocycles. The second-order valence-corrected chi connectivity index (χ2v) is 4.81. The minimum Gasteiger partial charge on any atom is -0.381 e. The molecule has 1 aromatic heterocycles. The van der Waals surface area contributed by atoms with E-state index in [2.05, 4.69) is 5.16 Å². The van der Waals surface area contributed by atoms with Crippen molar-refractivity contribution in [1.29, 1.82) is 0 Å². The van der Waals surface area contributed by atoms with E-state index >= 15 is 0 Å². The highest BCUT2D eigenvalue weighted by molar-refractivity contribution is 6.31. The van der Waals surface area contributed by atoms with Gasteiger partial charge in [0.15, 0.2) is 0 Å². The number of hydrogen-bond donors (Lipinski definition) is 1. The Hall–Kier alpha value is -1.52. The van der Waals surface area contributed by atoms with E-state index in [1.54, 1.807) is 6.20 Å². The van der Waals surface area contributed by atoms with Crippen molar-refractivity contribution >= 4 is 17.5 Å². The van der Waals surface area contributed by atoms with Crippen molar-refractivity contribution in [3.8, 4) is 11.1 Å². The standard InChI is InChI=1S/C13H13ClN2O2/c14-12-5-8(11-6-16-18-13(11)15)1-2-10(12)9-3-4-17-7-9/h1-2,5-6,9H,3-4,7,15H2. The monoisotopic (exact) mass is 264 g/mol. The van der Waals surface area contributed by atoms with Gasteiger partial charge in [-0.05, 0) is 23.6 Å². The van der Waals surface area contributed by atoms with Gasteiger partial charge in [0.1, 0.15) is 0 Å². The van der Waals surface area contributed by atoms with Gasteiger partial charge in [0.25, 0.3) is 0 Å². The molecule has 1 aliphatic heterocycles. The molecule has 2 aromatic rings. The third-order valence-corrected chi connectivity index (χ3v) is 3.61. The summed E-state index contributed by atoms with van der Waals surface area (Å²) >= 11 is 6.33. The minimum absolute atomic E-state index is 0.308. The lowest BCUT2D eigenvalue weighted by Crippen LogP contribution is -1.98. The van der Waals surface area contributed by atoms with Gasteiger partial charge in [-0.15, -0.1) is 0 Å². The summed E-state index contributed by atoms with van der Waals surface area (Å²) in [7, 11) is 0. The van der Waals surface area contributed by atoms with Crippen molar-refractivity contribution in [3.63, 3.8) is 0 Å². The highest BCUT2D eigenvalue weighted by Gasteiger charge is 2.20. The Balaban J connectivity index is 1.96. The highest BCUT2D eigenvalue weighted by Crippen LogP contribution is 2.35. The predicted molar refractivity (Wildman–Crippen MR) is 69.5 cm³/mol. The zero-order valence-electron chi connectivity index (χ0n) is 9.73. The molecule has 3 rings (SSSR count). The fraction of sp³-hybridized carbons (Fsp3) is 0.308. The first-order valence-electron chi connectivity index (χ1n) is 5.83. The topological polar surface area (TPSA) is 61.3 Å². The van der Waals surface area contributed by atoms with Gasteiger partial charge in [0, 0.05) is 17.5 Å². The van der Waals surface area contributed by atoms with Crippen molar-refractivity contribution in [2.24, 2.45) is 0 Å². The van der Waals surface area contributed by atoms with Crippen LogP contribution in [0, 0.1) is 0 Å². The molecule has 2 heterocycles. The molecule has 94 valence electrons. The molecule has 1 unspecified atom stereocenters. The first-order valence-corrected chi connectivity index (χ1v) is 6.21. The predicted octanol–water partition coefficient (Wildman–Crippen LogP) is 3.08. The molecule has 1 aliphatic rings. The highest BCUT2D eigenvalue weighted by atomic mass is 35.5. The number of anilines is 1. The maximum atomic E-state index is 6.33. The van der Waals surface area contributed by atoms with Crippen molar-refractivity contribution < 1.29 is 9.26 Å². The summed E-state index contributed by atoms with van der Waals surface area (Å²) < 4.78 is 10.2. The largest absolute Gasteiger partial charge is 0.381 e. The third kappa shape index (κ3) is 1.98. The zero-order chi connectivity index (χ0) is 12.5. The van der Waals surface area contributed by atoms with Crippen LogP contribution in [-0.4, -0.2) is 18.4 Å². The molecule has 18 heavy (non-hydrogen) atoms. The summed E-state index contributed by atoms with van der Waals surface area (Å²) in [6.45, 7) is 1.55. The van der Waals surface area contributed by atoms with Gasteiger partial charge in [0.05, 0.1) is 18.4 Å². The quantitative estimate of drug-likeness (QED) is 0.905. The number of nitrogens with two attached hydrogens (primary N) is 1. The number of benzene rings is 1. The van der Waals surface area contributed by atoms with E-state index in [9.17, 15) is 0 Å². The summed E-state index contributed by atoms with van der Waals surface area (Å²) in [5, 5.41) is 4.40. The molecular formula is C13H13ClN2O2. The lowest BCUT2D eigenvalue weighted by molar-refractivity contribution is 0.194. The van der Waals surface area contributed by atoms with Crippen LogP contribution in [0.1, 0.15) is 17.9 Å². The molecule has 4 nitrogen and oxygen atoms in total. The molecule has 0 amide bonds. The van der Waals surface area contributed by atoms with Gasteiger partial charge in [0.2, 0.25) is 5.88 Å². The molecule has 0 radical (unpaired) electrons. The third-order valence-electron chi connectivity index (χ3n) is 3.28. The Morgan fingerprint density at radius 1 is 1.39 bits per heavy atom. The molecule has 1 aromatic carbocycles. The molecular weight excluding hydrogens is 252 g/mol. The van der Waals surface area contributed by atoms with Crippen LogP contribution in [0.5, 0.6) is 0 Å². The number of rotatable bonds is 2.